The maximum atomic E-state index is 2.78. The van der Waals surface area contributed by atoms with Crippen molar-refractivity contribution in [1.29, 1.82) is 0 Å². The molecule has 0 amide bonds. The van der Waals surface area contributed by atoms with Crippen molar-refractivity contribution in [3.8, 4) is 0 Å². The first-order valence-corrected chi connectivity index (χ1v) is 30.4. The van der Waals surface area contributed by atoms with E-state index in [1.807, 2.05) is 0 Å². The molecular formula is C28H60Sn2. The van der Waals surface area contributed by atoms with Gasteiger partial charge in [-0.2, -0.15) is 0 Å². The van der Waals surface area contributed by atoms with E-state index >= 15 is 0 Å². The van der Waals surface area contributed by atoms with Crippen LogP contribution in [0.1, 0.15) is 119 Å². The molecule has 0 saturated carbocycles. The van der Waals surface area contributed by atoms with Gasteiger partial charge in [0.05, 0.1) is 0 Å². The van der Waals surface area contributed by atoms with Gasteiger partial charge in [0, 0.05) is 0 Å². The normalized spacial score (nSPS) is 12.9. The van der Waals surface area contributed by atoms with E-state index in [4.69, 9.17) is 0 Å². The second kappa shape index (κ2) is 20.9. The Bertz CT molecular complexity index is 309. The minimum absolute atomic E-state index is 1.41. The minimum atomic E-state index is -1.96. The molecule has 0 aliphatic heterocycles. The number of hydrogen-bond acceptors (Lipinski definition) is 0. The summed E-state index contributed by atoms with van der Waals surface area (Å²) in [5.74, 6) is 0. The third kappa shape index (κ3) is 14.5. The molecule has 0 fully saturated rings. The van der Waals surface area contributed by atoms with E-state index in [9.17, 15) is 0 Å². The van der Waals surface area contributed by atoms with Crippen LogP contribution in [0.2, 0.25) is 35.5 Å². The van der Waals surface area contributed by atoms with Crippen LogP contribution in [0, 0.1) is 0 Å². The van der Waals surface area contributed by atoms with Crippen LogP contribution in [0.5, 0.6) is 0 Å². The molecule has 0 aromatic carbocycles. The first-order chi connectivity index (χ1) is 14.6. The SMILES string of the molecule is CCC[CH2][Sn]([CH2]C=C[CH2][Sn]([CH2]CCC)([CH2]CCC)[CH2]CCC)([CH2]CCC)[CH2]CCC. The zero-order chi connectivity index (χ0) is 22.6. The van der Waals surface area contributed by atoms with Crippen LogP contribution >= 0.6 is 0 Å². The van der Waals surface area contributed by atoms with Crippen LogP contribution in [0.4, 0.5) is 0 Å². The Hall–Kier alpha value is 1.34. The molecule has 0 aliphatic rings. The van der Waals surface area contributed by atoms with Gasteiger partial charge in [0.2, 0.25) is 0 Å². The standard InChI is InChI=1S/6C4H9.C4H6.2Sn/c7*1-3-4-2;;/h6*1,3-4H2,2H3;3-4H,1-2H2;;. The monoisotopic (exact) mass is 636 g/mol. The van der Waals surface area contributed by atoms with Crippen LogP contribution in [0.3, 0.4) is 0 Å². The number of rotatable bonds is 22. The first kappa shape index (κ1) is 31.3. The van der Waals surface area contributed by atoms with Gasteiger partial charge >= 0.3 is 203 Å². The van der Waals surface area contributed by atoms with E-state index in [1.54, 1.807) is 35.5 Å². The Morgan fingerprint density at radius 1 is 0.367 bits per heavy atom. The van der Waals surface area contributed by atoms with Crippen molar-refractivity contribution in [2.75, 3.05) is 0 Å². The molecule has 0 nitrogen and oxygen atoms in total. The van der Waals surface area contributed by atoms with Crippen LogP contribution in [0.25, 0.3) is 0 Å². The molecule has 2 heteroatoms. The van der Waals surface area contributed by atoms with E-state index in [0.717, 1.165) is 0 Å². The van der Waals surface area contributed by atoms with Crippen molar-refractivity contribution >= 4 is 36.8 Å². The van der Waals surface area contributed by atoms with E-state index in [1.165, 1.54) is 77.0 Å². The molecule has 0 bridgehead atoms. The van der Waals surface area contributed by atoms with Crippen LogP contribution in [-0.4, -0.2) is 36.8 Å². The summed E-state index contributed by atoms with van der Waals surface area (Å²) in [6.45, 7) is 14.4. The molecule has 0 atom stereocenters. The quantitative estimate of drug-likeness (QED) is 0.0822. The summed E-state index contributed by atoms with van der Waals surface area (Å²) in [6.07, 6.45) is 23.1. The molecule has 0 rings (SSSR count). The number of unbranched alkanes of at least 4 members (excludes halogenated alkanes) is 6. The molecule has 0 spiro atoms. The fourth-order valence-electron chi connectivity index (χ4n) is 5.34. The van der Waals surface area contributed by atoms with Crippen LogP contribution in [0.15, 0.2) is 12.2 Å². The predicted octanol–water partition coefficient (Wildman–Crippen LogP) is 11.2. The second-order valence-electron chi connectivity index (χ2n) is 10.5. The van der Waals surface area contributed by atoms with Crippen molar-refractivity contribution in [3.05, 3.63) is 12.2 Å². The Morgan fingerprint density at radius 2 is 0.567 bits per heavy atom. The average Bonchev–Trinajstić information content (AvgIpc) is 2.77. The molecule has 0 aromatic heterocycles. The van der Waals surface area contributed by atoms with Gasteiger partial charge in [-0.3, -0.25) is 0 Å². The van der Waals surface area contributed by atoms with Crippen molar-refractivity contribution in [3.63, 3.8) is 0 Å². The molecule has 0 radical (unpaired) electrons. The molecular weight excluding hydrogens is 574 g/mol. The summed E-state index contributed by atoms with van der Waals surface area (Å²) in [5, 5.41) is 0. The maximum absolute atomic E-state index is 2.78. The topological polar surface area (TPSA) is 0 Å². The summed E-state index contributed by atoms with van der Waals surface area (Å²) in [4.78, 5) is 0. The Labute approximate surface area is 201 Å². The van der Waals surface area contributed by atoms with Gasteiger partial charge < -0.3 is 0 Å². The van der Waals surface area contributed by atoms with E-state index in [-0.39, 0.29) is 0 Å². The fourth-order valence-corrected chi connectivity index (χ4v) is 35.8. The summed E-state index contributed by atoms with van der Waals surface area (Å²) in [5.41, 5.74) is 0. The van der Waals surface area contributed by atoms with Gasteiger partial charge in [0.25, 0.3) is 0 Å². The zero-order valence-corrected chi connectivity index (χ0v) is 28.0. The zero-order valence-electron chi connectivity index (χ0n) is 22.3. The van der Waals surface area contributed by atoms with Crippen molar-refractivity contribution in [1.82, 2.24) is 0 Å². The average molecular weight is 634 g/mol. The van der Waals surface area contributed by atoms with Crippen molar-refractivity contribution in [2.45, 2.75) is 154 Å². The number of hydrogen-bond donors (Lipinski definition) is 0. The summed E-state index contributed by atoms with van der Waals surface area (Å²) >= 11 is -3.93. The third-order valence-corrected chi connectivity index (χ3v) is 38.1. The van der Waals surface area contributed by atoms with Crippen molar-refractivity contribution in [2.24, 2.45) is 0 Å². The van der Waals surface area contributed by atoms with E-state index in [0.29, 0.717) is 0 Å². The second-order valence-corrected chi connectivity index (χ2v) is 38.5. The van der Waals surface area contributed by atoms with Gasteiger partial charge in [-0.25, -0.2) is 0 Å². The Balaban J connectivity index is 5.27. The summed E-state index contributed by atoms with van der Waals surface area (Å²) in [6, 6.07) is 0. The van der Waals surface area contributed by atoms with Gasteiger partial charge in [-0.05, 0) is 0 Å². The van der Waals surface area contributed by atoms with E-state index in [2.05, 4.69) is 53.7 Å². The van der Waals surface area contributed by atoms with Gasteiger partial charge in [-0.1, -0.05) is 0 Å². The molecule has 0 unspecified atom stereocenters. The predicted molar refractivity (Wildman–Crippen MR) is 149 cm³/mol. The molecule has 0 aromatic rings. The third-order valence-electron chi connectivity index (χ3n) is 7.63. The molecule has 0 aliphatic carbocycles. The van der Waals surface area contributed by atoms with Gasteiger partial charge in [0.1, 0.15) is 0 Å². The van der Waals surface area contributed by atoms with Crippen LogP contribution < -0.4 is 0 Å². The van der Waals surface area contributed by atoms with Crippen molar-refractivity contribution < 1.29 is 0 Å². The molecule has 0 saturated heterocycles. The molecule has 0 heterocycles. The first-order valence-electron chi connectivity index (χ1n) is 14.2. The Kier molecular flexibility index (Phi) is 21.8. The molecule has 30 heavy (non-hydrogen) atoms. The van der Waals surface area contributed by atoms with E-state index < -0.39 is 36.8 Å². The van der Waals surface area contributed by atoms with Crippen LogP contribution in [-0.2, 0) is 0 Å². The fraction of sp³-hybridized carbons (Fsp3) is 0.929. The molecule has 180 valence electrons. The summed E-state index contributed by atoms with van der Waals surface area (Å²) in [7, 11) is 0. The Morgan fingerprint density at radius 3 is 0.733 bits per heavy atom. The number of allylic oxidation sites excluding steroid dienone is 2. The van der Waals surface area contributed by atoms with Gasteiger partial charge in [0.15, 0.2) is 0 Å². The van der Waals surface area contributed by atoms with Gasteiger partial charge in [-0.15, -0.1) is 0 Å². The summed E-state index contributed by atoms with van der Waals surface area (Å²) < 4.78 is 13.2. The molecule has 0 N–H and O–H groups in total.